The third kappa shape index (κ3) is 1.73. The Labute approximate surface area is 117 Å². The quantitative estimate of drug-likeness (QED) is 0.822. The number of hydrogen-bond acceptors (Lipinski definition) is 5. The molecule has 96 valence electrons. The topological polar surface area (TPSA) is 85.5 Å². The minimum Gasteiger partial charge on any atom is -0.382 e. The second kappa shape index (κ2) is 4.25. The molecular weight excluding hydrogens is 320 g/mol. The van der Waals surface area contributed by atoms with Crippen LogP contribution < -0.4 is 16.4 Å². The molecule has 0 aliphatic carbocycles. The molecule has 1 saturated heterocycles. The Bertz CT molecular complexity index is 612. The molecule has 8 heteroatoms. The first-order chi connectivity index (χ1) is 8.58. The zero-order chi connectivity index (χ0) is 12.9. The van der Waals surface area contributed by atoms with Gasteiger partial charge in [0.1, 0.15) is 10.8 Å². The second-order valence-electron chi connectivity index (χ2n) is 4.36. The fourth-order valence-electron chi connectivity index (χ4n) is 2.15. The van der Waals surface area contributed by atoms with Crippen LogP contribution in [0.5, 0.6) is 0 Å². The molecule has 3 rings (SSSR count). The molecule has 0 radical (unpaired) electrons. The molecule has 0 saturated carbocycles. The Kier molecular flexibility index (Phi) is 2.84. The van der Waals surface area contributed by atoms with Crippen molar-refractivity contribution >= 4 is 44.8 Å². The average molecular weight is 332 g/mol. The van der Waals surface area contributed by atoms with E-state index in [1.165, 1.54) is 4.52 Å². The highest BCUT2D eigenvalue weighted by molar-refractivity contribution is 9.10. The van der Waals surface area contributed by atoms with Gasteiger partial charge in [-0.25, -0.2) is 4.98 Å². The Hall–Kier alpha value is -1.05. The van der Waals surface area contributed by atoms with E-state index in [0.717, 1.165) is 24.0 Å². The number of halogens is 2. The predicted octanol–water partition coefficient (Wildman–Crippen LogP) is 1.26. The molecule has 0 bridgehead atoms. The van der Waals surface area contributed by atoms with E-state index < -0.39 is 0 Å². The van der Waals surface area contributed by atoms with Crippen LogP contribution in [0.15, 0.2) is 10.7 Å². The molecule has 2 aromatic rings. The Morgan fingerprint density at radius 2 is 2.28 bits per heavy atom. The highest BCUT2D eigenvalue weighted by atomic mass is 79.9. The van der Waals surface area contributed by atoms with Gasteiger partial charge in [0.25, 0.3) is 0 Å². The second-order valence-corrected chi connectivity index (χ2v) is 5.59. The summed E-state index contributed by atoms with van der Waals surface area (Å²) in [5.74, 6) is 1.07. The maximum absolute atomic E-state index is 6.26. The minimum absolute atomic E-state index is 0.161. The zero-order valence-electron chi connectivity index (χ0n) is 9.48. The van der Waals surface area contributed by atoms with Gasteiger partial charge in [-0.2, -0.15) is 9.61 Å². The summed E-state index contributed by atoms with van der Waals surface area (Å²) < 4.78 is 2.31. The monoisotopic (exact) mass is 330 g/mol. The smallest absolute Gasteiger partial charge is 0.174 e. The van der Waals surface area contributed by atoms with Gasteiger partial charge in [0.15, 0.2) is 11.5 Å². The lowest BCUT2D eigenvalue weighted by atomic mass is 10.3. The van der Waals surface area contributed by atoms with Crippen molar-refractivity contribution in [2.24, 2.45) is 5.73 Å². The third-order valence-electron chi connectivity index (χ3n) is 3.09. The van der Waals surface area contributed by atoms with Crippen LogP contribution in [0.4, 0.5) is 11.6 Å². The van der Waals surface area contributed by atoms with Crippen LogP contribution in [0.2, 0.25) is 5.02 Å². The summed E-state index contributed by atoms with van der Waals surface area (Å²) in [5, 5.41) is 4.54. The lowest BCUT2D eigenvalue weighted by Gasteiger charge is -2.19. The number of anilines is 2. The Morgan fingerprint density at radius 3 is 2.94 bits per heavy atom. The van der Waals surface area contributed by atoms with E-state index in [9.17, 15) is 0 Å². The van der Waals surface area contributed by atoms with Gasteiger partial charge in [-0.3, -0.25) is 0 Å². The molecule has 18 heavy (non-hydrogen) atoms. The zero-order valence-corrected chi connectivity index (χ0v) is 11.8. The van der Waals surface area contributed by atoms with Crippen LogP contribution >= 0.6 is 27.5 Å². The van der Waals surface area contributed by atoms with Gasteiger partial charge in [0.05, 0.1) is 10.7 Å². The van der Waals surface area contributed by atoms with Gasteiger partial charge < -0.3 is 16.4 Å². The van der Waals surface area contributed by atoms with Crippen LogP contribution in [0.1, 0.15) is 6.42 Å². The maximum atomic E-state index is 6.26. The Balaban J connectivity index is 2.17. The fraction of sp³-hybridized carbons (Fsp3) is 0.400. The van der Waals surface area contributed by atoms with Crippen molar-refractivity contribution in [3.05, 3.63) is 15.7 Å². The summed E-state index contributed by atoms with van der Waals surface area (Å²) in [5.41, 5.74) is 12.5. The van der Waals surface area contributed by atoms with Crippen LogP contribution in [0.25, 0.3) is 5.65 Å². The average Bonchev–Trinajstić information content (AvgIpc) is 2.91. The highest BCUT2D eigenvalue weighted by Gasteiger charge is 2.25. The molecule has 2 aromatic heterocycles. The standard InChI is InChI=1S/C10H12BrClN6/c11-6-3-15-18-8(14)7(12)10(16-9(6)18)17-2-1-5(13)4-17/h3,5H,1-2,4,13-14H2/t5-/m0/s1. The molecule has 0 spiro atoms. The lowest BCUT2D eigenvalue weighted by molar-refractivity contribution is 0.751. The van der Waals surface area contributed by atoms with Crippen LogP contribution in [-0.2, 0) is 0 Å². The first-order valence-electron chi connectivity index (χ1n) is 5.56. The predicted molar refractivity (Wildman–Crippen MR) is 74.9 cm³/mol. The van der Waals surface area contributed by atoms with Crippen LogP contribution in [0.3, 0.4) is 0 Å². The maximum Gasteiger partial charge on any atom is 0.174 e. The third-order valence-corrected chi connectivity index (χ3v) is 4.01. The first kappa shape index (κ1) is 12.0. The first-order valence-corrected chi connectivity index (χ1v) is 6.73. The number of hydrogen-bond donors (Lipinski definition) is 2. The summed E-state index contributed by atoms with van der Waals surface area (Å²) in [6, 6.07) is 0.161. The van der Waals surface area contributed by atoms with Crippen molar-refractivity contribution in [2.75, 3.05) is 23.7 Å². The molecule has 0 unspecified atom stereocenters. The van der Waals surface area contributed by atoms with Crippen molar-refractivity contribution < 1.29 is 0 Å². The van der Waals surface area contributed by atoms with Gasteiger partial charge in [0.2, 0.25) is 0 Å². The van der Waals surface area contributed by atoms with Crippen LogP contribution in [-0.4, -0.2) is 33.7 Å². The van der Waals surface area contributed by atoms with Crippen molar-refractivity contribution in [2.45, 2.75) is 12.5 Å². The molecular formula is C10H12BrClN6. The minimum atomic E-state index is 0.161. The van der Waals surface area contributed by atoms with E-state index in [0.29, 0.717) is 22.3 Å². The summed E-state index contributed by atoms with van der Waals surface area (Å²) in [6.07, 6.45) is 2.58. The molecule has 0 amide bonds. The van der Waals surface area contributed by atoms with Gasteiger partial charge in [0, 0.05) is 19.1 Å². The lowest BCUT2D eigenvalue weighted by Crippen LogP contribution is -2.27. The summed E-state index contributed by atoms with van der Waals surface area (Å²) in [7, 11) is 0. The largest absolute Gasteiger partial charge is 0.382 e. The molecule has 1 fully saturated rings. The fourth-order valence-corrected chi connectivity index (χ4v) is 2.74. The number of nitrogens with two attached hydrogens (primary N) is 2. The number of aromatic nitrogens is 3. The molecule has 1 atom stereocenters. The number of nitrogens with zero attached hydrogens (tertiary/aromatic N) is 4. The van der Waals surface area contributed by atoms with Crippen molar-refractivity contribution in [1.29, 1.82) is 0 Å². The summed E-state index contributed by atoms with van der Waals surface area (Å²) in [6.45, 7) is 1.59. The van der Waals surface area contributed by atoms with Crippen molar-refractivity contribution in [3.8, 4) is 0 Å². The van der Waals surface area contributed by atoms with Crippen molar-refractivity contribution in [1.82, 2.24) is 14.6 Å². The van der Waals surface area contributed by atoms with E-state index in [-0.39, 0.29) is 6.04 Å². The van der Waals surface area contributed by atoms with Gasteiger partial charge in [-0.15, -0.1) is 0 Å². The molecule has 1 aliphatic heterocycles. The van der Waals surface area contributed by atoms with Crippen molar-refractivity contribution in [3.63, 3.8) is 0 Å². The van der Waals surface area contributed by atoms with Gasteiger partial charge in [-0.05, 0) is 22.4 Å². The molecule has 1 aliphatic rings. The SMILES string of the molecule is Nc1c(Cl)c(N2CC[C@H](N)C2)nc2c(Br)cnn12. The van der Waals surface area contributed by atoms with E-state index in [1.807, 2.05) is 0 Å². The van der Waals surface area contributed by atoms with Crippen LogP contribution in [0, 0.1) is 0 Å². The molecule has 0 aromatic carbocycles. The summed E-state index contributed by atoms with van der Waals surface area (Å²) >= 11 is 9.66. The molecule has 4 N–H and O–H groups in total. The normalized spacial score (nSPS) is 19.9. The van der Waals surface area contributed by atoms with Gasteiger partial charge in [-0.1, -0.05) is 11.6 Å². The summed E-state index contributed by atoms with van der Waals surface area (Å²) in [4.78, 5) is 6.58. The number of rotatable bonds is 1. The van der Waals surface area contributed by atoms with E-state index in [2.05, 4.69) is 30.9 Å². The Morgan fingerprint density at radius 1 is 1.50 bits per heavy atom. The van der Waals surface area contributed by atoms with E-state index in [1.54, 1.807) is 6.20 Å². The highest BCUT2D eigenvalue weighted by Crippen LogP contribution is 2.33. The number of nitrogen functional groups attached to an aromatic ring is 1. The van der Waals surface area contributed by atoms with E-state index in [4.69, 9.17) is 23.1 Å². The van der Waals surface area contributed by atoms with E-state index >= 15 is 0 Å². The van der Waals surface area contributed by atoms with Gasteiger partial charge >= 0.3 is 0 Å². The molecule has 3 heterocycles. The molecule has 6 nitrogen and oxygen atoms in total. The number of fused-ring (bicyclic) bond motifs is 1.